The third-order valence-corrected chi connectivity index (χ3v) is 3.91. The summed E-state index contributed by atoms with van der Waals surface area (Å²) in [5, 5.41) is 26.6. The van der Waals surface area contributed by atoms with Crippen molar-refractivity contribution in [2.75, 3.05) is 0 Å². The first-order valence-electron chi connectivity index (χ1n) is 5.38. The molecule has 20 heavy (non-hydrogen) atoms. The number of carboxylic acid groups (broad SMARTS) is 2. The van der Waals surface area contributed by atoms with Crippen molar-refractivity contribution in [2.45, 2.75) is 24.0 Å². The summed E-state index contributed by atoms with van der Waals surface area (Å²) in [5.74, 6) is -3.64. The molecule has 0 saturated heterocycles. The number of aliphatic carboxylic acids is 2. The average Bonchev–Trinajstić information content (AvgIpc) is 2.35. The standard InChI is InChI=1S/C11H13NO7S/c1-6-2-4-7(5-3-6)20(18,19)12-8(10(14)15)9(13)11(16)17/h2-5,8-9,12-13H,1H3,(H,14,15)(H,16,17). The highest BCUT2D eigenvalue weighted by atomic mass is 32.2. The smallest absolute Gasteiger partial charge is 0.334 e. The molecule has 0 heterocycles. The van der Waals surface area contributed by atoms with Crippen LogP contribution in [0.15, 0.2) is 29.2 Å². The predicted molar refractivity (Wildman–Crippen MR) is 66.6 cm³/mol. The van der Waals surface area contributed by atoms with Crippen LogP contribution in [-0.4, -0.2) is 47.8 Å². The minimum absolute atomic E-state index is 0.230. The molecule has 0 saturated carbocycles. The van der Waals surface area contributed by atoms with Gasteiger partial charge >= 0.3 is 11.9 Å². The second-order valence-electron chi connectivity index (χ2n) is 4.03. The van der Waals surface area contributed by atoms with Gasteiger partial charge in [-0.1, -0.05) is 17.7 Å². The highest BCUT2D eigenvalue weighted by Gasteiger charge is 2.35. The molecule has 9 heteroatoms. The Kier molecular flexibility index (Phi) is 4.82. The van der Waals surface area contributed by atoms with Crippen LogP contribution in [0, 0.1) is 6.92 Å². The maximum atomic E-state index is 11.9. The zero-order valence-electron chi connectivity index (χ0n) is 10.3. The number of hydrogen-bond acceptors (Lipinski definition) is 5. The van der Waals surface area contributed by atoms with Gasteiger partial charge < -0.3 is 15.3 Å². The summed E-state index contributed by atoms with van der Waals surface area (Å²) in [6, 6.07) is 3.29. The number of aliphatic hydroxyl groups excluding tert-OH is 1. The van der Waals surface area contributed by atoms with Gasteiger partial charge in [0, 0.05) is 0 Å². The summed E-state index contributed by atoms with van der Waals surface area (Å²) >= 11 is 0. The van der Waals surface area contributed by atoms with E-state index in [1.165, 1.54) is 24.3 Å². The molecule has 0 spiro atoms. The fourth-order valence-corrected chi connectivity index (χ4v) is 2.54. The van der Waals surface area contributed by atoms with Crippen LogP contribution in [0.1, 0.15) is 5.56 Å². The van der Waals surface area contributed by atoms with Crippen LogP contribution in [0.5, 0.6) is 0 Å². The van der Waals surface area contributed by atoms with Crippen molar-refractivity contribution in [1.29, 1.82) is 0 Å². The van der Waals surface area contributed by atoms with E-state index in [0.29, 0.717) is 0 Å². The summed E-state index contributed by atoms with van der Waals surface area (Å²) in [6.45, 7) is 1.73. The molecule has 2 unspecified atom stereocenters. The van der Waals surface area contributed by atoms with Crippen LogP contribution >= 0.6 is 0 Å². The number of rotatable bonds is 6. The van der Waals surface area contributed by atoms with Crippen LogP contribution in [0.4, 0.5) is 0 Å². The molecule has 4 N–H and O–H groups in total. The molecule has 0 radical (unpaired) electrons. The van der Waals surface area contributed by atoms with Crippen molar-refractivity contribution < 1.29 is 33.3 Å². The molecule has 0 aromatic heterocycles. The van der Waals surface area contributed by atoms with Crippen molar-refractivity contribution in [2.24, 2.45) is 0 Å². The lowest BCUT2D eigenvalue weighted by Gasteiger charge is -2.17. The molecule has 1 rings (SSSR count). The number of aryl methyl sites for hydroxylation is 1. The number of nitrogens with one attached hydrogen (secondary N) is 1. The zero-order valence-corrected chi connectivity index (χ0v) is 11.2. The summed E-state index contributed by atoms with van der Waals surface area (Å²) in [5.41, 5.74) is 0.796. The highest BCUT2D eigenvalue weighted by molar-refractivity contribution is 7.89. The second-order valence-corrected chi connectivity index (χ2v) is 5.75. The fraction of sp³-hybridized carbons (Fsp3) is 0.273. The quantitative estimate of drug-likeness (QED) is 0.537. The number of aliphatic hydroxyl groups is 1. The van der Waals surface area contributed by atoms with Crippen LogP contribution in [0.25, 0.3) is 0 Å². The molecule has 0 aliphatic heterocycles. The van der Waals surface area contributed by atoms with Gasteiger partial charge in [0.15, 0.2) is 12.1 Å². The van der Waals surface area contributed by atoms with Gasteiger partial charge in [-0.05, 0) is 19.1 Å². The van der Waals surface area contributed by atoms with E-state index in [4.69, 9.17) is 10.2 Å². The number of sulfonamides is 1. The largest absolute Gasteiger partial charge is 0.480 e. The van der Waals surface area contributed by atoms with Gasteiger partial charge in [0.05, 0.1) is 4.90 Å². The molecule has 0 fully saturated rings. The Bertz CT molecular complexity index is 608. The Hall–Kier alpha value is -1.97. The zero-order chi connectivity index (χ0) is 15.5. The monoisotopic (exact) mass is 303 g/mol. The normalized spacial score (nSPS) is 14.5. The maximum absolute atomic E-state index is 11.9. The fourth-order valence-electron chi connectivity index (χ4n) is 1.35. The van der Waals surface area contributed by atoms with Gasteiger partial charge in [0.2, 0.25) is 10.0 Å². The third-order valence-electron chi connectivity index (χ3n) is 2.45. The van der Waals surface area contributed by atoms with Crippen LogP contribution < -0.4 is 4.72 Å². The summed E-state index contributed by atoms with van der Waals surface area (Å²) in [6.07, 6.45) is -2.40. The number of benzene rings is 1. The summed E-state index contributed by atoms with van der Waals surface area (Å²) in [7, 11) is -4.25. The van der Waals surface area contributed by atoms with Gasteiger partial charge in [-0.3, -0.25) is 4.79 Å². The Morgan fingerprint density at radius 2 is 1.60 bits per heavy atom. The Balaban J connectivity index is 3.06. The summed E-state index contributed by atoms with van der Waals surface area (Å²) < 4.78 is 25.5. The Morgan fingerprint density at radius 3 is 2.00 bits per heavy atom. The van der Waals surface area contributed by atoms with Crippen molar-refractivity contribution in [3.8, 4) is 0 Å². The average molecular weight is 303 g/mol. The molecule has 110 valence electrons. The van der Waals surface area contributed by atoms with Crippen molar-refractivity contribution in [1.82, 2.24) is 4.72 Å². The van der Waals surface area contributed by atoms with Crippen LogP contribution in [-0.2, 0) is 19.6 Å². The van der Waals surface area contributed by atoms with Gasteiger partial charge in [-0.2, -0.15) is 4.72 Å². The van der Waals surface area contributed by atoms with E-state index >= 15 is 0 Å². The highest BCUT2D eigenvalue weighted by Crippen LogP contribution is 2.11. The Morgan fingerprint density at radius 1 is 1.10 bits per heavy atom. The van der Waals surface area contributed by atoms with E-state index in [1.54, 1.807) is 11.6 Å². The molecule has 0 bridgehead atoms. The minimum atomic E-state index is -4.25. The Labute approximate surface area is 114 Å². The van der Waals surface area contributed by atoms with E-state index in [0.717, 1.165) is 5.56 Å². The molecule has 0 aliphatic carbocycles. The summed E-state index contributed by atoms with van der Waals surface area (Å²) in [4.78, 5) is 21.2. The lowest BCUT2D eigenvalue weighted by atomic mass is 10.2. The van der Waals surface area contributed by atoms with Crippen molar-refractivity contribution in [3.63, 3.8) is 0 Å². The molecule has 0 aliphatic rings. The predicted octanol–water partition coefficient (Wildman–Crippen LogP) is -0.828. The van der Waals surface area contributed by atoms with Crippen LogP contribution in [0.3, 0.4) is 0 Å². The van der Waals surface area contributed by atoms with E-state index < -0.39 is 34.1 Å². The third kappa shape index (κ3) is 3.76. The second kappa shape index (κ2) is 5.99. The maximum Gasteiger partial charge on any atom is 0.334 e. The molecule has 1 aromatic carbocycles. The number of carbonyl (C=O) groups is 2. The number of hydrogen-bond donors (Lipinski definition) is 4. The lowest BCUT2D eigenvalue weighted by Crippen LogP contribution is -2.51. The van der Waals surface area contributed by atoms with E-state index in [2.05, 4.69) is 0 Å². The SMILES string of the molecule is Cc1ccc(S(=O)(=O)NC(C(=O)O)C(O)C(=O)O)cc1. The van der Waals surface area contributed by atoms with Gasteiger partial charge in [0.25, 0.3) is 0 Å². The first kappa shape index (κ1) is 16.1. The molecule has 1 aromatic rings. The first-order chi connectivity index (χ1) is 9.15. The van der Waals surface area contributed by atoms with Gasteiger partial charge in [-0.15, -0.1) is 0 Å². The van der Waals surface area contributed by atoms with Crippen molar-refractivity contribution in [3.05, 3.63) is 29.8 Å². The van der Waals surface area contributed by atoms with Gasteiger partial charge in [-0.25, -0.2) is 13.2 Å². The lowest BCUT2D eigenvalue weighted by molar-refractivity contribution is -0.155. The first-order valence-corrected chi connectivity index (χ1v) is 6.86. The van der Waals surface area contributed by atoms with E-state index in [9.17, 15) is 23.1 Å². The molecular formula is C11H13NO7S. The minimum Gasteiger partial charge on any atom is -0.480 e. The van der Waals surface area contributed by atoms with Crippen LogP contribution in [0.2, 0.25) is 0 Å². The molecule has 0 amide bonds. The number of carboxylic acids is 2. The molecule has 8 nitrogen and oxygen atoms in total. The topological polar surface area (TPSA) is 141 Å². The van der Waals surface area contributed by atoms with Gasteiger partial charge in [0.1, 0.15) is 0 Å². The molecule has 2 atom stereocenters. The van der Waals surface area contributed by atoms with E-state index in [1.807, 2.05) is 0 Å². The van der Waals surface area contributed by atoms with E-state index in [-0.39, 0.29) is 4.90 Å². The van der Waals surface area contributed by atoms with Crippen molar-refractivity contribution >= 4 is 22.0 Å². The molecular weight excluding hydrogens is 290 g/mol.